The van der Waals surface area contributed by atoms with E-state index in [4.69, 9.17) is 38.4 Å². The van der Waals surface area contributed by atoms with Gasteiger partial charge >= 0.3 is 0 Å². The van der Waals surface area contributed by atoms with Crippen molar-refractivity contribution in [1.82, 2.24) is 15.0 Å². The lowest BCUT2D eigenvalue weighted by molar-refractivity contribution is 0.105. The number of H-pyrrole nitrogens is 1. The molecule has 8 nitrogen and oxygen atoms in total. The maximum atomic E-state index is 12.9. The Morgan fingerprint density at radius 2 is 1.73 bits per heavy atom. The number of hydrogen-bond donors (Lipinski definition) is 3. The smallest absolute Gasteiger partial charge is 0.257 e. The van der Waals surface area contributed by atoms with E-state index in [1.165, 1.54) is 0 Å². The van der Waals surface area contributed by atoms with Crippen molar-refractivity contribution in [3.05, 3.63) is 75.0 Å². The lowest BCUT2D eigenvalue weighted by Crippen LogP contribution is -2.15. The molecule has 0 aliphatic carbocycles. The normalized spacial score (nSPS) is 11.0. The first-order chi connectivity index (χ1) is 16.1. The summed E-state index contributed by atoms with van der Waals surface area (Å²) in [6.07, 6.45) is 0. The van der Waals surface area contributed by atoms with E-state index in [1.54, 1.807) is 24.3 Å². The maximum absolute atomic E-state index is 12.9. The Morgan fingerprint density at radius 3 is 2.45 bits per heavy atom. The van der Waals surface area contributed by atoms with Crippen molar-refractivity contribution in [2.45, 2.75) is 0 Å². The molecule has 0 unspecified atom stereocenters. The van der Waals surface area contributed by atoms with E-state index < -0.39 is 0 Å². The second-order valence-corrected chi connectivity index (χ2v) is 7.78. The zero-order valence-corrected chi connectivity index (χ0v) is 19.0. The molecular weight excluding hydrogens is 465 g/mol. The third-order valence-electron chi connectivity index (χ3n) is 4.67. The van der Waals surface area contributed by atoms with Gasteiger partial charge in [0.2, 0.25) is 11.8 Å². The van der Waals surface area contributed by atoms with Crippen molar-refractivity contribution in [2.75, 3.05) is 31.7 Å². The van der Waals surface area contributed by atoms with E-state index in [0.29, 0.717) is 46.4 Å². The first-order valence-electron chi connectivity index (χ1n) is 10.2. The molecule has 2 heterocycles. The van der Waals surface area contributed by atoms with Gasteiger partial charge in [0.15, 0.2) is 0 Å². The summed E-state index contributed by atoms with van der Waals surface area (Å²) in [6.45, 7) is 1.41. The molecule has 0 amide bonds. The molecule has 0 aliphatic heterocycles. The van der Waals surface area contributed by atoms with Crippen LogP contribution in [0.4, 0.5) is 11.6 Å². The number of aromatic nitrogens is 3. The van der Waals surface area contributed by atoms with Crippen molar-refractivity contribution in [3.8, 4) is 17.0 Å². The molecule has 4 rings (SSSR count). The zero-order chi connectivity index (χ0) is 23.2. The first kappa shape index (κ1) is 23.0. The molecule has 2 aromatic carbocycles. The van der Waals surface area contributed by atoms with Crippen LogP contribution in [0.15, 0.2) is 59.4 Å². The highest BCUT2D eigenvalue weighted by Gasteiger charge is 2.17. The predicted octanol–water partition coefficient (Wildman–Crippen LogP) is 4.39. The van der Waals surface area contributed by atoms with E-state index in [9.17, 15) is 4.79 Å². The zero-order valence-electron chi connectivity index (χ0n) is 17.5. The lowest BCUT2D eigenvalue weighted by atomic mass is 10.1. The van der Waals surface area contributed by atoms with Gasteiger partial charge in [-0.25, -0.2) is 0 Å². The molecule has 0 aliphatic rings. The largest absolute Gasteiger partial charge is 0.475 e. The number of ether oxygens (including phenoxy) is 2. The Bertz CT molecular complexity index is 1290. The third-order valence-corrected chi connectivity index (χ3v) is 5.30. The van der Waals surface area contributed by atoms with Crippen LogP contribution in [0.2, 0.25) is 10.0 Å². The summed E-state index contributed by atoms with van der Waals surface area (Å²) < 4.78 is 11.3. The minimum Gasteiger partial charge on any atom is -0.475 e. The molecule has 0 spiro atoms. The molecule has 4 aromatic rings. The molecule has 0 fully saturated rings. The van der Waals surface area contributed by atoms with Crippen LogP contribution in [0.25, 0.3) is 22.2 Å². The standard InChI is InChI=1S/C23H21Cl2N5O3/c24-17-7-4-8-18(25)19(17)15-13-16-20(28-21(15)31)29-23(27-14-5-2-1-3-6-14)30-22(16)33-12-11-32-10-9-26/h1-8,13H,9-12,26H2,(H2,27,28,29,30,31). The molecule has 0 bridgehead atoms. The molecule has 170 valence electrons. The highest BCUT2D eigenvalue weighted by atomic mass is 35.5. The van der Waals surface area contributed by atoms with E-state index in [1.807, 2.05) is 30.3 Å². The van der Waals surface area contributed by atoms with Gasteiger partial charge in [-0.3, -0.25) is 4.79 Å². The number of hydrogen-bond acceptors (Lipinski definition) is 7. The molecule has 0 saturated heterocycles. The Morgan fingerprint density at radius 1 is 0.970 bits per heavy atom. The monoisotopic (exact) mass is 485 g/mol. The van der Waals surface area contributed by atoms with Crippen LogP contribution in [-0.2, 0) is 4.74 Å². The van der Waals surface area contributed by atoms with Crippen molar-refractivity contribution < 1.29 is 9.47 Å². The van der Waals surface area contributed by atoms with Crippen LogP contribution >= 0.6 is 23.2 Å². The number of nitrogens with zero attached hydrogens (tertiary/aromatic N) is 2. The van der Waals surface area contributed by atoms with Crippen molar-refractivity contribution >= 4 is 45.9 Å². The lowest BCUT2D eigenvalue weighted by Gasteiger charge is -2.13. The number of nitrogens with two attached hydrogens (primary N) is 1. The van der Waals surface area contributed by atoms with Crippen molar-refractivity contribution in [1.29, 1.82) is 0 Å². The summed E-state index contributed by atoms with van der Waals surface area (Å²) in [4.78, 5) is 24.7. The highest BCUT2D eigenvalue weighted by Crippen LogP contribution is 2.35. The Kier molecular flexibility index (Phi) is 7.41. The van der Waals surface area contributed by atoms with Crippen LogP contribution in [0, 0.1) is 0 Å². The molecule has 0 saturated carbocycles. The van der Waals surface area contributed by atoms with Crippen molar-refractivity contribution in [2.24, 2.45) is 5.73 Å². The van der Waals surface area contributed by atoms with Crippen LogP contribution in [0.1, 0.15) is 0 Å². The molecule has 0 atom stereocenters. The van der Waals surface area contributed by atoms with E-state index in [0.717, 1.165) is 5.69 Å². The Hall–Kier alpha value is -3.17. The van der Waals surface area contributed by atoms with Gasteiger partial charge in [-0.2, -0.15) is 9.97 Å². The molecule has 4 N–H and O–H groups in total. The number of benzene rings is 2. The van der Waals surface area contributed by atoms with Crippen molar-refractivity contribution in [3.63, 3.8) is 0 Å². The summed E-state index contributed by atoms with van der Waals surface area (Å²) in [5.74, 6) is 0.543. The fraction of sp³-hybridized carbons (Fsp3) is 0.174. The van der Waals surface area contributed by atoms with E-state index >= 15 is 0 Å². The molecule has 0 radical (unpaired) electrons. The Labute approximate surface area is 199 Å². The topological polar surface area (TPSA) is 115 Å². The van der Waals surface area contributed by atoms with Crippen LogP contribution in [0.3, 0.4) is 0 Å². The number of para-hydroxylation sites is 1. The van der Waals surface area contributed by atoms with Gasteiger partial charge in [0.25, 0.3) is 5.56 Å². The highest BCUT2D eigenvalue weighted by molar-refractivity contribution is 6.39. The summed E-state index contributed by atoms with van der Waals surface area (Å²) in [7, 11) is 0. The summed E-state index contributed by atoms with van der Waals surface area (Å²) in [6, 6.07) is 16.1. The number of fused-ring (bicyclic) bond motifs is 1. The SMILES string of the molecule is NCCOCCOc1nc(Nc2ccccc2)nc2[nH]c(=O)c(-c3c(Cl)cccc3Cl)cc12. The van der Waals surface area contributed by atoms with Gasteiger partial charge in [-0.15, -0.1) is 0 Å². The van der Waals surface area contributed by atoms with Crippen LogP contribution < -0.4 is 21.3 Å². The number of nitrogens with one attached hydrogen (secondary N) is 2. The van der Waals surface area contributed by atoms with E-state index in [2.05, 4.69) is 20.3 Å². The number of aromatic amines is 1. The van der Waals surface area contributed by atoms with Gasteiger partial charge in [-0.05, 0) is 30.3 Å². The number of pyridine rings is 1. The van der Waals surface area contributed by atoms with Gasteiger partial charge in [0, 0.05) is 17.8 Å². The molecule has 10 heteroatoms. The summed E-state index contributed by atoms with van der Waals surface area (Å²) in [5.41, 5.74) is 6.86. The van der Waals surface area contributed by atoms with Crippen LogP contribution in [0.5, 0.6) is 5.88 Å². The van der Waals surface area contributed by atoms with Crippen LogP contribution in [-0.4, -0.2) is 41.3 Å². The minimum absolute atomic E-state index is 0.234. The number of halogens is 2. The second kappa shape index (κ2) is 10.6. The molecule has 33 heavy (non-hydrogen) atoms. The quantitative estimate of drug-likeness (QED) is 0.301. The van der Waals surface area contributed by atoms with Gasteiger partial charge in [0.1, 0.15) is 12.3 Å². The van der Waals surface area contributed by atoms with Gasteiger partial charge < -0.3 is 25.5 Å². The third kappa shape index (κ3) is 5.43. The van der Waals surface area contributed by atoms with Gasteiger partial charge in [0.05, 0.1) is 34.2 Å². The number of rotatable bonds is 9. The first-order valence-corrected chi connectivity index (χ1v) is 10.9. The Balaban J connectivity index is 1.78. The molecular formula is C23H21Cl2N5O3. The summed E-state index contributed by atoms with van der Waals surface area (Å²) in [5, 5.41) is 4.32. The van der Waals surface area contributed by atoms with Gasteiger partial charge in [-0.1, -0.05) is 47.5 Å². The second-order valence-electron chi connectivity index (χ2n) is 6.96. The fourth-order valence-corrected chi connectivity index (χ4v) is 3.80. The average molecular weight is 486 g/mol. The molecule has 2 aromatic heterocycles. The summed E-state index contributed by atoms with van der Waals surface area (Å²) >= 11 is 12.7. The minimum atomic E-state index is -0.390. The average Bonchev–Trinajstić information content (AvgIpc) is 2.80. The van der Waals surface area contributed by atoms with E-state index in [-0.39, 0.29) is 29.6 Å². The predicted molar refractivity (Wildman–Crippen MR) is 131 cm³/mol. The maximum Gasteiger partial charge on any atom is 0.257 e. The number of anilines is 2. The fourth-order valence-electron chi connectivity index (χ4n) is 3.20.